The van der Waals surface area contributed by atoms with Crippen molar-refractivity contribution in [2.24, 2.45) is 0 Å². The lowest BCUT2D eigenvalue weighted by molar-refractivity contribution is -0.153. The van der Waals surface area contributed by atoms with Crippen molar-refractivity contribution in [2.45, 2.75) is 6.10 Å². The normalized spacial score (nSPS) is 11.2. The lowest BCUT2D eigenvalue weighted by atomic mass is 10.1. The molecule has 33 heavy (non-hydrogen) atoms. The van der Waals surface area contributed by atoms with Gasteiger partial charge in [-0.1, -0.05) is 59.6 Å². The molecule has 0 spiro atoms. The predicted molar refractivity (Wildman–Crippen MR) is 126 cm³/mol. The van der Waals surface area contributed by atoms with E-state index in [2.05, 4.69) is 10.6 Å². The van der Waals surface area contributed by atoms with Crippen LogP contribution >= 0.6 is 23.2 Å². The van der Waals surface area contributed by atoms with E-state index in [-0.39, 0.29) is 10.6 Å². The highest BCUT2D eigenvalue weighted by molar-refractivity contribution is 6.42. The minimum absolute atomic E-state index is 0.213. The van der Waals surface area contributed by atoms with Crippen molar-refractivity contribution < 1.29 is 23.9 Å². The molecule has 3 rings (SSSR count). The van der Waals surface area contributed by atoms with Gasteiger partial charge in [0.15, 0.2) is 0 Å². The maximum atomic E-state index is 12.9. The number of halogens is 2. The first-order chi connectivity index (χ1) is 15.9. The second-order valence-corrected chi connectivity index (χ2v) is 7.63. The summed E-state index contributed by atoms with van der Waals surface area (Å²) >= 11 is 11.8. The maximum Gasteiger partial charge on any atom is 0.326 e. The number of benzene rings is 3. The van der Waals surface area contributed by atoms with Gasteiger partial charge in [0.2, 0.25) is 6.10 Å². The SMILES string of the molecule is COc1cccc(NC(=O)C(OC(=O)CNC(=O)c2ccc(Cl)c(Cl)c2)c2ccccc2)c1. The number of ether oxygens (including phenoxy) is 2. The van der Waals surface area contributed by atoms with Gasteiger partial charge in [0.1, 0.15) is 12.3 Å². The van der Waals surface area contributed by atoms with Crippen molar-refractivity contribution in [3.05, 3.63) is 94.0 Å². The molecule has 0 aliphatic rings. The minimum atomic E-state index is -1.23. The summed E-state index contributed by atoms with van der Waals surface area (Å²) in [4.78, 5) is 37.7. The highest BCUT2D eigenvalue weighted by atomic mass is 35.5. The molecular weight excluding hydrogens is 467 g/mol. The van der Waals surface area contributed by atoms with Crippen LogP contribution in [0, 0.1) is 0 Å². The summed E-state index contributed by atoms with van der Waals surface area (Å²) in [7, 11) is 1.52. The van der Waals surface area contributed by atoms with E-state index in [1.54, 1.807) is 54.6 Å². The molecule has 0 radical (unpaired) electrons. The lowest BCUT2D eigenvalue weighted by Gasteiger charge is -2.18. The number of esters is 1. The number of hydrogen-bond acceptors (Lipinski definition) is 5. The van der Waals surface area contributed by atoms with E-state index in [9.17, 15) is 14.4 Å². The smallest absolute Gasteiger partial charge is 0.326 e. The first kappa shape index (κ1) is 24.1. The summed E-state index contributed by atoms with van der Waals surface area (Å²) in [5, 5.41) is 5.67. The Kier molecular flexibility index (Phi) is 8.29. The summed E-state index contributed by atoms with van der Waals surface area (Å²) in [6.07, 6.45) is -1.23. The van der Waals surface area contributed by atoms with E-state index in [0.29, 0.717) is 22.0 Å². The second-order valence-electron chi connectivity index (χ2n) is 6.81. The largest absolute Gasteiger partial charge is 0.497 e. The van der Waals surface area contributed by atoms with Gasteiger partial charge in [-0.2, -0.15) is 0 Å². The van der Waals surface area contributed by atoms with Crippen LogP contribution in [-0.2, 0) is 14.3 Å². The number of amides is 2. The van der Waals surface area contributed by atoms with Crippen LogP contribution < -0.4 is 15.4 Å². The van der Waals surface area contributed by atoms with Gasteiger partial charge in [0, 0.05) is 22.9 Å². The Balaban J connectivity index is 1.68. The molecule has 9 heteroatoms. The van der Waals surface area contributed by atoms with Crippen molar-refractivity contribution in [3.63, 3.8) is 0 Å². The fourth-order valence-corrected chi connectivity index (χ4v) is 3.17. The Bertz CT molecular complexity index is 1150. The van der Waals surface area contributed by atoms with Gasteiger partial charge in [-0.25, -0.2) is 0 Å². The molecule has 7 nitrogen and oxygen atoms in total. The van der Waals surface area contributed by atoms with Crippen LogP contribution in [0.2, 0.25) is 10.0 Å². The molecule has 2 amide bonds. The van der Waals surface area contributed by atoms with E-state index < -0.39 is 30.4 Å². The fraction of sp³-hybridized carbons (Fsp3) is 0.125. The van der Waals surface area contributed by atoms with Crippen LogP contribution in [0.25, 0.3) is 0 Å². The van der Waals surface area contributed by atoms with Gasteiger partial charge in [-0.15, -0.1) is 0 Å². The van der Waals surface area contributed by atoms with Gasteiger partial charge in [-0.05, 0) is 30.3 Å². The van der Waals surface area contributed by atoms with E-state index in [1.165, 1.54) is 25.3 Å². The van der Waals surface area contributed by atoms with Gasteiger partial charge in [0.25, 0.3) is 11.8 Å². The molecule has 1 atom stereocenters. The first-order valence-corrected chi connectivity index (χ1v) is 10.6. The number of anilines is 1. The Morgan fingerprint density at radius 3 is 2.36 bits per heavy atom. The summed E-state index contributed by atoms with van der Waals surface area (Å²) in [5.41, 5.74) is 1.18. The highest BCUT2D eigenvalue weighted by Crippen LogP contribution is 2.23. The number of carbonyl (C=O) groups is 3. The standard InChI is InChI=1S/C24H20Cl2N2O5/c1-32-18-9-5-8-17(13-18)28-24(31)22(15-6-3-2-4-7-15)33-21(29)14-27-23(30)16-10-11-19(25)20(26)12-16/h2-13,22H,14H2,1H3,(H,27,30)(H,28,31). The molecule has 0 bridgehead atoms. The molecule has 0 saturated carbocycles. The van der Waals surface area contributed by atoms with Gasteiger partial charge in [0.05, 0.1) is 17.2 Å². The van der Waals surface area contributed by atoms with Crippen molar-refractivity contribution in [2.75, 3.05) is 19.0 Å². The third-order valence-electron chi connectivity index (χ3n) is 4.50. The molecule has 2 N–H and O–H groups in total. The summed E-state index contributed by atoms with van der Waals surface area (Å²) in [5.74, 6) is -1.33. The number of hydrogen-bond donors (Lipinski definition) is 2. The predicted octanol–water partition coefficient (Wildman–Crippen LogP) is 4.66. The fourth-order valence-electron chi connectivity index (χ4n) is 2.87. The molecule has 1 unspecified atom stereocenters. The topological polar surface area (TPSA) is 93.7 Å². The Labute approximate surface area is 200 Å². The van der Waals surface area contributed by atoms with Crippen LogP contribution in [-0.4, -0.2) is 31.4 Å². The van der Waals surface area contributed by atoms with Gasteiger partial charge in [-0.3, -0.25) is 14.4 Å². The zero-order valence-electron chi connectivity index (χ0n) is 17.5. The third-order valence-corrected chi connectivity index (χ3v) is 5.24. The van der Waals surface area contributed by atoms with Crippen LogP contribution in [0.15, 0.2) is 72.8 Å². The van der Waals surface area contributed by atoms with Crippen LogP contribution in [0.1, 0.15) is 22.0 Å². The molecule has 0 heterocycles. The summed E-state index contributed by atoms with van der Waals surface area (Å²) < 4.78 is 10.6. The number of nitrogens with one attached hydrogen (secondary N) is 2. The quantitative estimate of drug-likeness (QED) is 0.451. The minimum Gasteiger partial charge on any atom is -0.497 e. The van der Waals surface area contributed by atoms with E-state index >= 15 is 0 Å². The first-order valence-electron chi connectivity index (χ1n) is 9.80. The molecule has 170 valence electrons. The average Bonchev–Trinajstić information content (AvgIpc) is 2.83. The zero-order chi connectivity index (χ0) is 23.8. The maximum absolute atomic E-state index is 12.9. The monoisotopic (exact) mass is 486 g/mol. The Morgan fingerprint density at radius 1 is 0.909 bits per heavy atom. The lowest BCUT2D eigenvalue weighted by Crippen LogP contribution is -2.33. The van der Waals surface area contributed by atoms with Gasteiger partial charge >= 0.3 is 5.97 Å². The van der Waals surface area contributed by atoms with E-state index in [1.807, 2.05) is 0 Å². The molecule has 0 aromatic heterocycles. The van der Waals surface area contributed by atoms with Crippen molar-refractivity contribution in [1.29, 1.82) is 0 Å². The van der Waals surface area contributed by atoms with Crippen LogP contribution in [0.3, 0.4) is 0 Å². The summed E-state index contributed by atoms with van der Waals surface area (Å²) in [6.45, 7) is -0.450. The highest BCUT2D eigenvalue weighted by Gasteiger charge is 2.25. The Hall–Kier alpha value is -3.55. The van der Waals surface area contributed by atoms with Crippen molar-refractivity contribution in [3.8, 4) is 5.75 Å². The van der Waals surface area contributed by atoms with Crippen LogP contribution in [0.4, 0.5) is 5.69 Å². The number of carbonyl (C=O) groups excluding carboxylic acids is 3. The van der Waals surface area contributed by atoms with Crippen molar-refractivity contribution in [1.82, 2.24) is 5.32 Å². The summed E-state index contributed by atoms with van der Waals surface area (Å²) in [6, 6.07) is 19.7. The molecule has 3 aromatic carbocycles. The molecule has 0 saturated heterocycles. The van der Waals surface area contributed by atoms with E-state index in [0.717, 1.165) is 0 Å². The average molecular weight is 487 g/mol. The van der Waals surface area contributed by atoms with Crippen LogP contribution in [0.5, 0.6) is 5.75 Å². The molecule has 0 aliphatic carbocycles. The van der Waals surface area contributed by atoms with Crippen molar-refractivity contribution >= 4 is 46.7 Å². The molecule has 3 aromatic rings. The third kappa shape index (κ3) is 6.71. The molecule has 0 aliphatic heterocycles. The second kappa shape index (κ2) is 11.4. The van der Waals surface area contributed by atoms with Gasteiger partial charge < -0.3 is 20.1 Å². The molecule has 0 fully saturated rings. The Morgan fingerprint density at radius 2 is 1.67 bits per heavy atom. The molecular formula is C24H20Cl2N2O5. The number of rotatable bonds is 8. The zero-order valence-corrected chi connectivity index (χ0v) is 19.0. The number of methoxy groups -OCH3 is 1. The van der Waals surface area contributed by atoms with E-state index in [4.69, 9.17) is 32.7 Å².